The molecule has 0 atom stereocenters. The van der Waals surface area contributed by atoms with Gasteiger partial charge in [-0.2, -0.15) is 13.2 Å². The molecule has 1 fully saturated rings. The summed E-state index contributed by atoms with van der Waals surface area (Å²) in [5.74, 6) is 0. The van der Waals surface area contributed by atoms with Gasteiger partial charge in [0.2, 0.25) is 0 Å². The number of rotatable bonds is 4. The highest BCUT2D eigenvalue weighted by atomic mass is 19.4. The third-order valence-electron chi connectivity index (χ3n) is 4.08. The van der Waals surface area contributed by atoms with Crippen LogP contribution in [0.3, 0.4) is 0 Å². The summed E-state index contributed by atoms with van der Waals surface area (Å²) in [5, 5.41) is 5.13. The summed E-state index contributed by atoms with van der Waals surface area (Å²) in [7, 11) is 0. The number of urea groups is 1. The zero-order valence-electron chi connectivity index (χ0n) is 14.4. The number of hydrogen-bond donors (Lipinski definition) is 2. The topological polar surface area (TPSA) is 66.5 Å². The van der Waals surface area contributed by atoms with Crippen molar-refractivity contribution in [2.45, 2.75) is 12.7 Å². The van der Waals surface area contributed by atoms with Gasteiger partial charge in [0.15, 0.2) is 0 Å². The number of hydrogen-bond acceptors (Lipinski definition) is 4. The summed E-state index contributed by atoms with van der Waals surface area (Å²) >= 11 is 0. The van der Waals surface area contributed by atoms with E-state index >= 15 is 0 Å². The Morgan fingerprint density at radius 2 is 1.96 bits per heavy atom. The van der Waals surface area contributed by atoms with E-state index in [1.807, 2.05) is 4.90 Å². The van der Waals surface area contributed by atoms with Crippen molar-refractivity contribution in [1.82, 2.24) is 10.3 Å². The van der Waals surface area contributed by atoms with E-state index in [2.05, 4.69) is 15.6 Å². The van der Waals surface area contributed by atoms with Crippen LogP contribution in [0.1, 0.15) is 11.3 Å². The average Bonchev–Trinajstić information content (AvgIpc) is 2.67. The molecule has 1 saturated heterocycles. The first-order valence-electron chi connectivity index (χ1n) is 8.42. The Hall–Kier alpha value is -2.81. The number of nitrogens with one attached hydrogen (secondary N) is 2. The van der Waals surface area contributed by atoms with Crippen molar-refractivity contribution in [3.63, 3.8) is 0 Å². The number of alkyl halides is 3. The Bertz CT molecular complexity index is 778. The van der Waals surface area contributed by atoms with Crippen LogP contribution in [0.4, 0.5) is 29.3 Å². The van der Waals surface area contributed by atoms with Gasteiger partial charge in [0.05, 0.1) is 42.4 Å². The Kier molecular flexibility index (Phi) is 5.80. The summed E-state index contributed by atoms with van der Waals surface area (Å²) in [6.45, 7) is 2.20. The number of ether oxygens (including phenoxy) is 1. The highest BCUT2D eigenvalue weighted by Crippen LogP contribution is 2.35. The summed E-state index contributed by atoms with van der Waals surface area (Å²) in [6.07, 6.45) is -2.90. The maximum atomic E-state index is 13.1. The number of carbonyl (C=O) groups is 1. The first-order valence-corrected chi connectivity index (χ1v) is 8.42. The summed E-state index contributed by atoms with van der Waals surface area (Å²) in [6, 6.07) is 8.01. The van der Waals surface area contributed by atoms with Gasteiger partial charge in [-0.15, -0.1) is 0 Å². The molecule has 0 unspecified atom stereocenters. The van der Waals surface area contributed by atoms with Crippen LogP contribution >= 0.6 is 0 Å². The highest BCUT2D eigenvalue weighted by Gasteiger charge is 2.31. The van der Waals surface area contributed by atoms with Gasteiger partial charge < -0.3 is 20.3 Å². The van der Waals surface area contributed by atoms with Crippen molar-refractivity contribution in [3.8, 4) is 0 Å². The molecule has 2 heterocycles. The maximum absolute atomic E-state index is 13.1. The van der Waals surface area contributed by atoms with Crippen LogP contribution in [0.2, 0.25) is 0 Å². The normalized spacial score (nSPS) is 14.7. The molecule has 6 nitrogen and oxygen atoms in total. The number of halogens is 3. The zero-order chi connectivity index (χ0) is 19.3. The van der Waals surface area contributed by atoms with Gasteiger partial charge in [-0.05, 0) is 30.3 Å². The molecular formula is C18H19F3N4O2. The van der Waals surface area contributed by atoms with Gasteiger partial charge in [-0.1, -0.05) is 6.07 Å². The smallest absolute Gasteiger partial charge is 0.378 e. The molecule has 2 aromatic rings. The minimum Gasteiger partial charge on any atom is -0.378 e. The predicted octanol–water partition coefficient (Wildman–Crippen LogP) is 3.26. The maximum Gasteiger partial charge on any atom is 0.416 e. The largest absolute Gasteiger partial charge is 0.416 e. The lowest BCUT2D eigenvalue weighted by Gasteiger charge is -2.31. The molecule has 0 bridgehead atoms. The standard InChI is InChI=1S/C18H19F3N4O2/c19-18(20,21)13-4-5-16(25-7-9-27-10-8-25)15(11-13)24-17(26)23-12-14-3-1-2-6-22-14/h1-6,11H,7-10,12H2,(H2,23,24,26). The lowest BCUT2D eigenvalue weighted by atomic mass is 10.1. The summed E-state index contributed by atoms with van der Waals surface area (Å²) in [4.78, 5) is 18.2. The van der Waals surface area contributed by atoms with Crippen molar-refractivity contribution in [1.29, 1.82) is 0 Å². The fraction of sp³-hybridized carbons (Fsp3) is 0.333. The fourth-order valence-electron chi connectivity index (χ4n) is 2.73. The second-order valence-electron chi connectivity index (χ2n) is 5.96. The van der Waals surface area contributed by atoms with E-state index in [4.69, 9.17) is 4.74 Å². The number of anilines is 2. The number of morpholine rings is 1. The number of carbonyl (C=O) groups excluding carboxylic acids is 1. The van der Waals surface area contributed by atoms with E-state index in [0.29, 0.717) is 37.7 Å². The van der Waals surface area contributed by atoms with Crippen LogP contribution in [0.25, 0.3) is 0 Å². The second-order valence-corrected chi connectivity index (χ2v) is 5.96. The van der Waals surface area contributed by atoms with Crippen LogP contribution in [-0.4, -0.2) is 37.3 Å². The molecule has 2 N–H and O–H groups in total. The monoisotopic (exact) mass is 380 g/mol. The van der Waals surface area contributed by atoms with Crippen LogP contribution in [0.15, 0.2) is 42.6 Å². The van der Waals surface area contributed by atoms with E-state index in [1.54, 1.807) is 24.4 Å². The Morgan fingerprint density at radius 1 is 1.19 bits per heavy atom. The molecule has 1 aliphatic rings. The molecule has 0 radical (unpaired) electrons. The number of nitrogens with zero attached hydrogens (tertiary/aromatic N) is 2. The zero-order valence-corrected chi connectivity index (χ0v) is 14.4. The molecule has 144 valence electrons. The first kappa shape index (κ1) is 19.0. The molecule has 2 amide bonds. The van der Waals surface area contributed by atoms with Gasteiger partial charge >= 0.3 is 12.2 Å². The molecule has 1 aliphatic heterocycles. The van der Waals surface area contributed by atoms with E-state index in [1.165, 1.54) is 6.07 Å². The molecular weight excluding hydrogens is 361 g/mol. The summed E-state index contributed by atoms with van der Waals surface area (Å²) < 4.78 is 44.5. The van der Waals surface area contributed by atoms with E-state index in [9.17, 15) is 18.0 Å². The molecule has 1 aromatic carbocycles. The third kappa shape index (κ3) is 5.10. The number of benzene rings is 1. The number of pyridine rings is 1. The lowest BCUT2D eigenvalue weighted by molar-refractivity contribution is -0.137. The van der Waals surface area contributed by atoms with Crippen LogP contribution < -0.4 is 15.5 Å². The Balaban J connectivity index is 1.76. The minimum atomic E-state index is -4.50. The molecule has 0 aliphatic carbocycles. The van der Waals surface area contributed by atoms with Gasteiger partial charge in [0.25, 0.3) is 0 Å². The minimum absolute atomic E-state index is 0.102. The summed E-state index contributed by atoms with van der Waals surface area (Å²) in [5.41, 5.74) is 0.453. The van der Waals surface area contributed by atoms with Gasteiger partial charge in [-0.25, -0.2) is 4.79 Å². The van der Waals surface area contributed by atoms with Crippen molar-refractivity contribution in [3.05, 3.63) is 53.9 Å². The van der Waals surface area contributed by atoms with Gasteiger partial charge in [0, 0.05) is 19.3 Å². The number of amides is 2. The van der Waals surface area contributed by atoms with Crippen molar-refractivity contribution in [2.24, 2.45) is 0 Å². The molecule has 1 aromatic heterocycles. The average molecular weight is 380 g/mol. The van der Waals surface area contributed by atoms with E-state index in [-0.39, 0.29) is 12.2 Å². The van der Waals surface area contributed by atoms with Crippen molar-refractivity contribution < 1.29 is 22.7 Å². The van der Waals surface area contributed by atoms with Gasteiger partial charge in [-0.3, -0.25) is 4.98 Å². The first-order chi connectivity index (χ1) is 12.9. The molecule has 9 heteroatoms. The molecule has 0 spiro atoms. The Labute approximate surface area is 154 Å². The van der Waals surface area contributed by atoms with Crippen LogP contribution in [-0.2, 0) is 17.5 Å². The van der Waals surface area contributed by atoms with E-state index < -0.39 is 17.8 Å². The van der Waals surface area contributed by atoms with Crippen molar-refractivity contribution >= 4 is 17.4 Å². The van der Waals surface area contributed by atoms with Gasteiger partial charge in [0.1, 0.15) is 0 Å². The van der Waals surface area contributed by atoms with E-state index in [0.717, 1.165) is 12.1 Å². The Morgan fingerprint density at radius 3 is 2.63 bits per heavy atom. The molecule has 0 saturated carbocycles. The SMILES string of the molecule is O=C(NCc1ccccn1)Nc1cc(C(F)(F)F)ccc1N1CCOCC1. The van der Waals surface area contributed by atoms with Crippen LogP contribution in [0.5, 0.6) is 0 Å². The lowest BCUT2D eigenvalue weighted by Crippen LogP contribution is -2.37. The quantitative estimate of drug-likeness (QED) is 0.855. The second kappa shape index (κ2) is 8.26. The highest BCUT2D eigenvalue weighted by molar-refractivity contribution is 5.93. The molecule has 3 rings (SSSR count). The predicted molar refractivity (Wildman–Crippen MR) is 94.6 cm³/mol. The van der Waals surface area contributed by atoms with Crippen LogP contribution in [0, 0.1) is 0 Å². The number of aromatic nitrogens is 1. The fourth-order valence-corrected chi connectivity index (χ4v) is 2.73. The molecule has 27 heavy (non-hydrogen) atoms. The van der Waals surface area contributed by atoms with Crippen molar-refractivity contribution in [2.75, 3.05) is 36.5 Å². The third-order valence-corrected chi connectivity index (χ3v) is 4.08.